The van der Waals surface area contributed by atoms with Crippen LogP contribution in [0.25, 0.3) is 0 Å². The molecule has 0 spiro atoms. The molecule has 17 heavy (non-hydrogen) atoms. The number of hydrogen-bond acceptors (Lipinski definition) is 4. The van der Waals surface area contributed by atoms with Gasteiger partial charge in [-0.25, -0.2) is 5.10 Å². The molecule has 0 radical (unpaired) electrons. The van der Waals surface area contributed by atoms with Gasteiger partial charge in [0.1, 0.15) is 0 Å². The van der Waals surface area contributed by atoms with Gasteiger partial charge in [-0.2, -0.15) is 4.98 Å². The average Bonchev–Trinajstić information content (AvgIpc) is 2.77. The van der Waals surface area contributed by atoms with Crippen LogP contribution in [0.2, 0.25) is 0 Å². The highest BCUT2D eigenvalue weighted by Crippen LogP contribution is 2.20. The Morgan fingerprint density at radius 2 is 2.12 bits per heavy atom. The van der Waals surface area contributed by atoms with Gasteiger partial charge in [0.25, 0.3) is 0 Å². The Kier molecular flexibility index (Phi) is 3.27. The Morgan fingerprint density at radius 3 is 2.76 bits per heavy atom. The minimum atomic E-state index is 0.513. The fourth-order valence-corrected chi connectivity index (χ4v) is 1.54. The Morgan fingerprint density at radius 1 is 1.29 bits per heavy atom. The third-order valence-corrected chi connectivity index (χ3v) is 2.53. The molecule has 1 aromatic carbocycles. The Labute approximate surface area is 101 Å². The highest BCUT2D eigenvalue weighted by molar-refractivity contribution is 5.55. The van der Waals surface area contributed by atoms with Crippen LogP contribution in [-0.4, -0.2) is 22.2 Å². The minimum Gasteiger partial charge on any atom is -0.356 e. The number of rotatable bonds is 4. The number of H-pyrrole nitrogens is 1. The molecule has 2 aromatic rings. The first-order valence-corrected chi connectivity index (χ1v) is 5.66. The average molecular weight is 231 g/mol. The number of nitrogens with one attached hydrogen (secondary N) is 3. The first-order valence-electron chi connectivity index (χ1n) is 5.66. The van der Waals surface area contributed by atoms with E-state index >= 15 is 0 Å². The fraction of sp³-hybridized carbons (Fsp3) is 0.333. The first kappa shape index (κ1) is 11.4. The van der Waals surface area contributed by atoms with Gasteiger partial charge in [0.05, 0.1) is 0 Å². The molecule has 0 amide bonds. The number of nitrogens with zero attached hydrogens (tertiary/aromatic N) is 2. The van der Waals surface area contributed by atoms with Crippen LogP contribution in [0.3, 0.4) is 0 Å². The van der Waals surface area contributed by atoms with Crippen molar-refractivity contribution in [3.05, 3.63) is 29.8 Å². The molecular weight excluding hydrogens is 214 g/mol. The summed E-state index contributed by atoms with van der Waals surface area (Å²) in [6, 6.07) is 8.28. The van der Waals surface area contributed by atoms with Crippen LogP contribution < -0.4 is 10.6 Å². The predicted octanol–water partition coefficient (Wildman–Crippen LogP) is 2.71. The summed E-state index contributed by atoms with van der Waals surface area (Å²) in [5, 5.41) is 12.9. The lowest BCUT2D eigenvalue weighted by Gasteiger charge is -2.08. The van der Waals surface area contributed by atoms with Crippen LogP contribution in [0, 0.1) is 0 Å². The number of hydrogen-bond donors (Lipinski definition) is 3. The van der Waals surface area contributed by atoms with E-state index in [0.29, 0.717) is 17.8 Å². The molecule has 0 fully saturated rings. The van der Waals surface area contributed by atoms with Crippen molar-refractivity contribution in [2.45, 2.75) is 19.8 Å². The number of anilines is 3. The number of aromatic nitrogens is 3. The first-order chi connectivity index (χ1) is 8.19. The molecule has 1 aromatic heterocycles. The summed E-state index contributed by atoms with van der Waals surface area (Å²) in [4.78, 5) is 4.21. The molecular formula is C12H17N5. The maximum Gasteiger partial charge on any atom is 0.243 e. The van der Waals surface area contributed by atoms with E-state index in [-0.39, 0.29) is 0 Å². The molecule has 0 aliphatic carbocycles. The zero-order chi connectivity index (χ0) is 12.3. The molecule has 0 unspecified atom stereocenters. The molecule has 5 heteroatoms. The molecule has 5 nitrogen and oxygen atoms in total. The van der Waals surface area contributed by atoms with Gasteiger partial charge in [-0.3, -0.25) is 0 Å². The monoisotopic (exact) mass is 231 g/mol. The fourth-order valence-electron chi connectivity index (χ4n) is 1.54. The van der Waals surface area contributed by atoms with Gasteiger partial charge in [-0.15, -0.1) is 5.10 Å². The summed E-state index contributed by atoms with van der Waals surface area (Å²) in [6.45, 7) is 4.35. The Balaban J connectivity index is 2.15. The van der Waals surface area contributed by atoms with Crippen molar-refractivity contribution < 1.29 is 0 Å². The molecule has 1 heterocycles. The van der Waals surface area contributed by atoms with Crippen LogP contribution in [0.1, 0.15) is 25.3 Å². The number of benzene rings is 1. The van der Waals surface area contributed by atoms with Crippen molar-refractivity contribution in [1.82, 2.24) is 15.2 Å². The molecule has 0 aliphatic heterocycles. The molecule has 0 saturated carbocycles. The third kappa shape index (κ3) is 2.75. The summed E-state index contributed by atoms with van der Waals surface area (Å²) < 4.78 is 0. The van der Waals surface area contributed by atoms with Gasteiger partial charge in [0.15, 0.2) is 0 Å². The molecule has 90 valence electrons. The van der Waals surface area contributed by atoms with Gasteiger partial charge < -0.3 is 10.6 Å². The molecule has 2 rings (SSSR count). The van der Waals surface area contributed by atoms with Crippen molar-refractivity contribution in [3.8, 4) is 0 Å². The third-order valence-electron chi connectivity index (χ3n) is 2.53. The smallest absolute Gasteiger partial charge is 0.243 e. The van der Waals surface area contributed by atoms with Crippen LogP contribution in [0.4, 0.5) is 17.6 Å². The zero-order valence-corrected chi connectivity index (χ0v) is 10.3. The van der Waals surface area contributed by atoms with Gasteiger partial charge in [0, 0.05) is 12.7 Å². The van der Waals surface area contributed by atoms with Crippen molar-refractivity contribution in [2.75, 3.05) is 17.7 Å². The van der Waals surface area contributed by atoms with Crippen LogP contribution >= 0.6 is 0 Å². The van der Waals surface area contributed by atoms with Crippen LogP contribution in [0.5, 0.6) is 0 Å². The van der Waals surface area contributed by atoms with Gasteiger partial charge in [-0.05, 0) is 23.6 Å². The molecule has 0 atom stereocenters. The molecule has 0 aliphatic rings. The van der Waals surface area contributed by atoms with Crippen molar-refractivity contribution in [2.24, 2.45) is 0 Å². The second kappa shape index (κ2) is 4.86. The van der Waals surface area contributed by atoms with Crippen LogP contribution in [0.15, 0.2) is 24.3 Å². The standard InChI is InChI=1S/C12H17N5/c1-8(2)9-5-4-6-10(7-9)14-12-15-11(13-3)16-17-12/h4-8H,1-3H3,(H3,13,14,15,16,17). The Bertz CT molecular complexity index is 489. The summed E-state index contributed by atoms with van der Waals surface area (Å²) >= 11 is 0. The highest BCUT2D eigenvalue weighted by atomic mass is 15.3. The lowest BCUT2D eigenvalue weighted by atomic mass is 10.0. The summed E-state index contributed by atoms with van der Waals surface area (Å²) in [6.07, 6.45) is 0. The van der Waals surface area contributed by atoms with E-state index in [1.54, 1.807) is 7.05 Å². The quantitative estimate of drug-likeness (QED) is 0.757. The normalized spacial score (nSPS) is 10.6. The highest BCUT2D eigenvalue weighted by Gasteiger charge is 2.03. The van der Waals surface area contributed by atoms with E-state index in [0.717, 1.165) is 5.69 Å². The molecule has 3 N–H and O–H groups in total. The van der Waals surface area contributed by atoms with Crippen molar-refractivity contribution >= 4 is 17.6 Å². The summed E-state index contributed by atoms with van der Waals surface area (Å²) in [5.41, 5.74) is 2.30. The van der Waals surface area contributed by atoms with Gasteiger partial charge in [-0.1, -0.05) is 26.0 Å². The summed E-state index contributed by atoms with van der Waals surface area (Å²) in [5.74, 6) is 1.72. The van der Waals surface area contributed by atoms with Gasteiger partial charge in [0.2, 0.25) is 11.9 Å². The molecule has 0 bridgehead atoms. The second-order valence-electron chi connectivity index (χ2n) is 4.16. The van der Waals surface area contributed by atoms with E-state index in [2.05, 4.69) is 51.8 Å². The lowest BCUT2D eigenvalue weighted by Crippen LogP contribution is -1.95. The number of aromatic amines is 1. The molecule has 0 saturated heterocycles. The maximum absolute atomic E-state index is 4.21. The second-order valence-corrected chi connectivity index (χ2v) is 4.16. The van der Waals surface area contributed by atoms with E-state index in [9.17, 15) is 0 Å². The van der Waals surface area contributed by atoms with E-state index in [1.807, 2.05) is 12.1 Å². The van der Waals surface area contributed by atoms with Crippen molar-refractivity contribution in [1.29, 1.82) is 0 Å². The predicted molar refractivity (Wildman–Crippen MR) is 69.7 cm³/mol. The van der Waals surface area contributed by atoms with Crippen molar-refractivity contribution in [3.63, 3.8) is 0 Å². The lowest BCUT2D eigenvalue weighted by molar-refractivity contribution is 0.867. The zero-order valence-electron chi connectivity index (χ0n) is 10.3. The van der Waals surface area contributed by atoms with Crippen LogP contribution in [-0.2, 0) is 0 Å². The topological polar surface area (TPSA) is 65.6 Å². The minimum absolute atomic E-state index is 0.513. The largest absolute Gasteiger partial charge is 0.356 e. The van der Waals surface area contributed by atoms with Gasteiger partial charge >= 0.3 is 0 Å². The maximum atomic E-state index is 4.21. The van der Waals surface area contributed by atoms with E-state index in [1.165, 1.54) is 5.56 Å². The van der Waals surface area contributed by atoms with E-state index < -0.39 is 0 Å². The Hall–Kier alpha value is -2.04. The van der Waals surface area contributed by atoms with E-state index in [4.69, 9.17) is 0 Å². The summed E-state index contributed by atoms with van der Waals surface area (Å²) in [7, 11) is 1.78. The SMILES string of the molecule is CNc1n[nH]c(Nc2cccc(C(C)C)c2)n1.